The molecule has 0 saturated heterocycles. The van der Waals surface area contributed by atoms with Gasteiger partial charge >= 0.3 is 12.1 Å². The van der Waals surface area contributed by atoms with Crippen LogP contribution in [0.2, 0.25) is 0 Å². The number of esters is 1. The van der Waals surface area contributed by atoms with E-state index in [4.69, 9.17) is 21.1 Å². The van der Waals surface area contributed by atoms with Crippen molar-refractivity contribution in [3.63, 3.8) is 0 Å². The highest BCUT2D eigenvalue weighted by Crippen LogP contribution is 2.18. The fourth-order valence-corrected chi connectivity index (χ4v) is 1.66. The van der Waals surface area contributed by atoms with E-state index in [1.54, 1.807) is 25.1 Å². The first-order chi connectivity index (χ1) is 11.9. The second-order valence-electron chi connectivity index (χ2n) is 4.55. The molecule has 10 heteroatoms. The Kier molecular flexibility index (Phi) is 8.21. The number of carbonyl (C=O) groups excluding carboxylic acids is 3. The summed E-state index contributed by atoms with van der Waals surface area (Å²) in [4.78, 5) is 39.9. The molecule has 0 bridgehead atoms. The predicted molar refractivity (Wildman–Crippen MR) is 87.4 cm³/mol. The Labute approximate surface area is 149 Å². The van der Waals surface area contributed by atoms with Crippen LogP contribution in [0.4, 0.5) is 4.79 Å². The van der Waals surface area contributed by atoms with E-state index >= 15 is 0 Å². The summed E-state index contributed by atoms with van der Waals surface area (Å²) < 4.78 is 14.6. The van der Waals surface area contributed by atoms with Crippen LogP contribution in [0, 0.1) is 0 Å². The largest absolute Gasteiger partial charge is 0.538 e. The normalized spacial score (nSPS) is 10.6. The van der Waals surface area contributed by atoms with Crippen LogP contribution in [0.15, 0.2) is 29.4 Å². The molecule has 1 aromatic rings. The fourth-order valence-electron chi connectivity index (χ4n) is 1.45. The number of para-hydroxylation sites is 1. The van der Waals surface area contributed by atoms with Crippen molar-refractivity contribution in [2.24, 2.45) is 5.16 Å². The van der Waals surface area contributed by atoms with Gasteiger partial charge in [0.1, 0.15) is 11.3 Å². The summed E-state index contributed by atoms with van der Waals surface area (Å²) in [6.07, 6.45) is -1.30. The Morgan fingerprint density at radius 3 is 2.48 bits per heavy atom. The second kappa shape index (κ2) is 10.1. The van der Waals surface area contributed by atoms with E-state index in [1.807, 2.05) is 0 Å². The molecule has 0 spiro atoms. The van der Waals surface area contributed by atoms with E-state index in [-0.39, 0.29) is 5.56 Å². The first-order valence-electron chi connectivity index (χ1n) is 7.04. The third-order valence-electron chi connectivity index (χ3n) is 2.56. The molecule has 0 radical (unpaired) electrons. The van der Waals surface area contributed by atoms with Crippen LogP contribution in [-0.4, -0.2) is 55.6 Å². The van der Waals surface area contributed by atoms with Crippen molar-refractivity contribution in [2.75, 3.05) is 27.5 Å². The van der Waals surface area contributed by atoms with E-state index in [0.717, 1.165) is 4.90 Å². The zero-order valence-corrected chi connectivity index (χ0v) is 14.6. The minimum absolute atomic E-state index is 0.180. The molecule has 0 aliphatic carbocycles. The summed E-state index contributed by atoms with van der Waals surface area (Å²) in [6, 6.07) is 6.44. The molecule has 1 aromatic carbocycles. The summed E-state index contributed by atoms with van der Waals surface area (Å²) in [5, 5.41) is 2.53. The van der Waals surface area contributed by atoms with Gasteiger partial charge in [0.25, 0.3) is 5.91 Å². The number of rotatable bonds is 7. The molecule has 0 saturated carbocycles. The minimum Gasteiger partial charge on any atom is -0.493 e. The van der Waals surface area contributed by atoms with Crippen LogP contribution >= 0.6 is 11.6 Å². The van der Waals surface area contributed by atoms with Crippen LogP contribution in [0.1, 0.15) is 17.3 Å². The molecule has 0 atom stereocenters. The molecule has 1 rings (SSSR count). The minimum atomic E-state index is -1.30. The van der Waals surface area contributed by atoms with Gasteiger partial charge in [-0.1, -0.05) is 28.9 Å². The number of halogens is 1. The van der Waals surface area contributed by atoms with Gasteiger partial charge in [-0.15, -0.1) is 0 Å². The number of oxime groups is 1. The topological polar surface area (TPSA) is 104 Å². The lowest BCUT2D eigenvalue weighted by molar-refractivity contribution is -0.121. The molecule has 9 nitrogen and oxygen atoms in total. The smallest absolute Gasteiger partial charge is 0.493 e. The lowest BCUT2D eigenvalue weighted by Gasteiger charge is -2.09. The maximum atomic E-state index is 11.9. The highest BCUT2D eigenvalue weighted by molar-refractivity contribution is 6.82. The quantitative estimate of drug-likeness (QED) is 0.237. The van der Waals surface area contributed by atoms with Crippen molar-refractivity contribution < 1.29 is 33.4 Å². The van der Waals surface area contributed by atoms with Gasteiger partial charge in [-0.3, -0.25) is 9.63 Å². The highest BCUT2D eigenvalue weighted by Gasteiger charge is 2.16. The van der Waals surface area contributed by atoms with Crippen molar-refractivity contribution in [1.29, 1.82) is 0 Å². The van der Waals surface area contributed by atoms with Gasteiger partial charge < -0.3 is 19.1 Å². The molecule has 0 fully saturated rings. The van der Waals surface area contributed by atoms with Crippen molar-refractivity contribution in [2.45, 2.75) is 6.92 Å². The number of ether oxygens (including phenoxy) is 3. The van der Waals surface area contributed by atoms with Gasteiger partial charge in [-0.2, -0.15) is 0 Å². The number of carbonyl (C=O) groups is 3. The van der Waals surface area contributed by atoms with Crippen molar-refractivity contribution >= 4 is 34.8 Å². The van der Waals surface area contributed by atoms with Crippen LogP contribution in [0.3, 0.4) is 0 Å². The van der Waals surface area contributed by atoms with E-state index in [1.165, 1.54) is 20.2 Å². The zero-order chi connectivity index (χ0) is 18.8. The fraction of sp³-hybridized carbons (Fsp3) is 0.333. The number of hydrogen-bond acceptors (Lipinski definition) is 8. The zero-order valence-electron chi connectivity index (χ0n) is 13.9. The summed E-state index contributed by atoms with van der Waals surface area (Å²) in [5.41, 5.74) is 0.180. The highest BCUT2D eigenvalue weighted by atomic mass is 35.5. The summed E-state index contributed by atoms with van der Waals surface area (Å²) in [5.74, 6) is -1.06. The van der Waals surface area contributed by atoms with Crippen LogP contribution in [0.25, 0.3) is 0 Å². The maximum absolute atomic E-state index is 11.9. The maximum Gasteiger partial charge on any atom is 0.538 e. The van der Waals surface area contributed by atoms with Crippen LogP contribution in [-0.2, 0) is 19.1 Å². The van der Waals surface area contributed by atoms with Crippen molar-refractivity contribution in [3.8, 4) is 5.75 Å². The van der Waals surface area contributed by atoms with Gasteiger partial charge in [0.05, 0.1) is 6.61 Å². The van der Waals surface area contributed by atoms with Crippen LogP contribution < -0.4 is 4.74 Å². The Balaban J connectivity index is 2.47. The Morgan fingerprint density at radius 2 is 1.84 bits per heavy atom. The summed E-state index contributed by atoms with van der Waals surface area (Å²) >= 11 is 5.51. The van der Waals surface area contributed by atoms with E-state index < -0.39 is 30.0 Å². The molecule has 25 heavy (non-hydrogen) atoms. The molecular formula is C15H17ClN2O7. The van der Waals surface area contributed by atoms with Gasteiger partial charge in [0.15, 0.2) is 0 Å². The number of hydrogen-bond donors (Lipinski definition) is 0. The standard InChI is InChI=1S/C15H17ClN2O7/c1-4-22-11-8-6-5-7-10(11)14(20)23-9-24-15(21)25-17-12(16)13(19)18(2)3/h5-8H,4,9H2,1-3H3/b17-12-. The lowest BCUT2D eigenvalue weighted by Crippen LogP contribution is -2.27. The van der Waals surface area contributed by atoms with Gasteiger partial charge in [0.2, 0.25) is 12.0 Å². The van der Waals surface area contributed by atoms with Gasteiger partial charge in [-0.05, 0) is 19.1 Å². The lowest BCUT2D eigenvalue weighted by atomic mass is 10.2. The van der Waals surface area contributed by atoms with E-state index in [2.05, 4.69) is 14.7 Å². The molecule has 0 unspecified atom stereocenters. The molecular weight excluding hydrogens is 356 g/mol. The molecule has 0 heterocycles. The predicted octanol–water partition coefficient (Wildman–Crippen LogP) is 1.99. The number of nitrogens with zero attached hydrogens (tertiary/aromatic N) is 2. The van der Waals surface area contributed by atoms with E-state index in [9.17, 15) is 14.4 Å². The number of benzene rings is 1. The molecule has 0 aliphatic heterocycles. The molecule has 0 aromatic heterocycles. The average Bonchev–Trinajstić information content (AvgIpc) is 2.59. The second-order valence-corrected chi connectivity index (χ2v) is 4.90. The van der Waals surface area contributed by atoms with Crippen molar-refractivity contribution in [3.05, 3.63) is 29.8 Å². The number of amides is 1. The van der Waals surface area contributed by atoms with Crippen molar-refractivity contribution in [1.82, 2.24) is 4.90 Å². The third kappa shape index (κ3) is 6.68. The molecule has 0 N–H and O–H groups in total. The summed E-state index contributed by atoms with van der Waals surface area (Å²) in [7, 11) is 2.89. The first kappa shape index (κ1) is 20.2. The van der Waals surface area contributed by atoms with Gasteiger partial charge in [-0.25, -0.2) is 9.59 Å². The first-order valence-corrected chi connectivity index (χ1v) is 7.42. The molecule has 0 aliphatic rings. The van der Waals surface area contributed by atoms with Gasteiger partial charge in [0, 0.05) is 14.1 Å². The Bertz CT molecular complexity index is 661. The third-order valence-corrected chi connectivity index (χ3v) is 2.79. The summed E-state index contributed by atoms with van der Waals surface area (Å²) in [6.45, 7) is 1.43. The molecule has 136 valence electrons. The average molecular weight is 373 g/mol. The molecule has 1 amide bonds. The SMILES string of the molecule is CCOc1ccccc1C(=O)OCOC(=O)O/N=C(\Cl)C(=O)N(C)C. The van der Waals surface area contributed by atoms with Crippen LogP contribution in [0.5, 0.6) is 5.75 Å². The Hall–Kier alpha value is -2.81. The Morgan fingerprint density at radius 1 is 1.16 bits per heavy atom. The monoisotopic (exact) mass is 372 g/mol. The van der Waals surface area contributed by atoms with E-state index in [0.29, 0.717) is 12.4 Å².